The molecule has 0 heterocycles. The van der Waals surface area contributed by atoms with E-state index in [1.807, 2.05) is 6.08 Å². The molecule has 0 amide bonds. The van der Waals surface area contributed by atoms with E-state index in [4.69, 9.17) is 11.5 Å². The molecule has 0 fully saturated rings. The lowest BCUT2D eigenvalue weighted by molar-refractivity contribution is 0.639. The molecule has 0 aromatic rings. The molecule has 2 rings (SSSR count). The predicted molar refractivity (Wildman–Crippen MR) is 90.2 cm³/mol. The van der Waals surface area contributed by atoms with Gasteiger partial charge in [-0.3, -0.25) is 9.98 Å². The molecule has 0 spiro atoms. The molecule has 1 atom stereocenters. The largest absolute Gasteiger partial charge is 0.402 e. The van der Waals surface area contributed by atoms with Crippen LogP contribution in [0.25, 0.3) is 0 Å². The van der Waals surface area contributed by atoms with Gasteiger partial charge in [0.05, 0.1) is 12.4 Å². The molecular weight excluding hydrogens is 260 g/mol. The summed E-state index contributed by atoms with van der Waals surface area (Å²) < 4.78 is 0. The molecule has 21 heavy (non-hydrogen) atoms. The van der Waals surface area contributed by atoms with Gasteiger partial charge in [-0.15, -0.1) is 0 Å². The number of rotatable bonds is 5. The van der Waals surface area contributed by atoms with Gasteiger partial charge in [0.15, 0.2) is 0 Å². The van der Waals surface area contributed by atoms with Gasteiger partial charge in [0.1, 0.15) is 0 Å². The van der Waals surface area contributed by atoms with E-state index in [1.165, 1.54) is 5.57 Å². The summed E-state index contributed by atoms with van der Waals surface area (Å²) in [6.45, 7) is 6.25. The first-order valence-electron chi connectivity index (χ1n) is 7.41. The van der Waals surface area contributed by atoms with Crippen molar-refractivity contribution in [1.29, 1.82) is 0 Å². The summed E-state index contributed by atoms with van der Waals surface area (Å²) in [5.74, 6) is 0.308. The van der Waals surface area contributed by atoms with Gasteiger partial charge in [0.25, 0.3) is 0 Å². The van der Waals surface area contributed by atoms with Gasteiger partial charge in [0.2, 0.25) is 0 Å². The van der Waals surface area contributed by atoms with Crippen molar-refractivity contribution >= 4 is 12.4 Å². The van der Waals surface area contributed by atoms with Crippen molar-refractivity contribution < 1.29 is 0 Å². The molecule has 0 radical (unpaired) electrons. The quantitative estimate of drug-likeness (QED) is 0.762. The molecular formula is C17H24N4. The standard InChI is InChI=1S/C17H24N4/c1-12(10-13-6-8-14(19)9-7-13)17(20-2)15-4-3-5-16(15)21-11-18/h3-4,6,8,12H,2,5,7,9-11,18-19H2,1H3/b17-15-,21-16?. The van der Waals surface area contributed by atoms with Crippen LogP contribution in [0.15, 0.2) is 56.8 Å². The highest BCUT2D eigenvalue weighted by Gasteiger charge is 2.19. The molecule has 0 aromatic heterocycles. The molecule has 2 aliphatic carbocycles. The first-order valence-corrected chi connectivity index (χ1v) is 7.41. The lowest BCUT2D eigenvalue weighted by Gasteiger charge is -2.19. The van der Waals surface area contributed by atoms with Crippen LogP contribution in [0.3, 0.4) is 0 Å². The molecule has 0 aliphatic heterocycles. The number of nitrogens with zero attached hydrogens (tertiary/aromatic N) is 2. The monoisotopic (exact) mass is 284 g/mol. The second-order valence-electron chi connectivity index (χ2n) is 5.52. The van der Waals surface area contributed by atoms with E-state index in [9.17, 15) is 0 Å². The van der Waals surface area contributed by atoms with Crippen molar-refractivity contribution in [2.75, 3.05) is 6.67 Å². The minimum absolute atomic E-state index is 0.308. The second kappa shape index (κ2) is 7.18. The average molecular weight is 284 g/mol. The summed E-state index contributed by atoms with van der Waals surface area (Å²) in [6, 6.07) is 0. The summed E-state index contributed by atoms with van der Waals surface area (Å²) in [7, 11) is 0. The number of nitrogens with two attached hydrogens (primary N) is 2. The van der Waals surface area contributed by atoms with E-state index in [-0.39, 0.29) is 0 Å². The lowest BCUT2D eigenvalue weighted by atomic mass is 9.90. The van der Waals surface area contributed by atoms with Crippen molar-refractivity contribution in [2.45, 2.75) is 32.6 Å². The molecule has 2 aliphatic rings. The number of aliphatic imine (C=N–C) groups is 2. The van der Waals surface area contributed by atoms with Crippen LogP contribution >= 0.6 is 0 Å². The lowest BCUT2D eigenvalue weighted by Crippen LogP contribution is -2.09. The Labute approximate surface area is 126 Å². The minimum atomic E-state index is 0.308. The Balaban J connectivity index is 2.19. The Morgan fingerprint density at radius 2 is 2.19 bits per heavy atom. The third-order valence-electron chi connectivity index (χ3n) is 3.94. The molecule has 4 N–H and O–H groups in total. The van der Waals surface area contributed by atoms with Crippen molar-refractivity contribution in [1.82, 2.24) is 0 Å². The van der Waals surface area contributed by atoms with E-state index in [1.54, 1.807) is 0 Å². The van der Waals surface area contributed by atoms with Gasteiger partial charge in [-0.05, 0) is 32.1 Å². The molecule has 0 saturated carbocycles. The maximum absolute atomic E-state index is 5.81. The first kappa shape index (κ1) is 15.4. The molecule has 112 valence electrons. The van der Waals surface area contributed by atoms with Crippen LogP contribution in [0.1, 0.15) is 32.6 Å². The number of hydrogen-bond donors (Lipinski definition) is 2. The van der Waals surface area contributed by atoms with Crippen LogP contribution in [0.5, 0.6) is 0 Å². The van der Waals surface area contributed by atoms with Crippen LogP contribution < -0.4 is 11.5 Å². The highest BCUT2D eigenvalue weighted by molar-refractivity contribution is 6.06. The van der Waals surface area contributed by atoms with Gasteiger partial charge in [-0.1, -0.05) is 30.7 Å². The summed E-state index contributed by atoms with van der Waals surface area (Å²) in [5, 5.41) is 0. The van der Waals surface area contributed by atoms with Gasteiger partial charge >= 0.3 is 0 Å². The molecule has 0 aromatic carbocycles. The number of hydrogen-bond acceptors (Lipinski definition) is 4. The fourth-order valence-corrected chi connectivity index (χ4v) is 2.85. The van der Waals surface area contributed by atoms with E-state index in [0.29, 0.717) is 12.6 Å². The summed E-state index contributed by atoms with van der Waals surface area (Å²) in [5.41, 5.74) is 16.8. The zero-order valence-electron chi connectivity index (χ0n) is 12.7. The zero-order valence-corrected chi connectivity index (χ0v) is 12.7. The van der Waals surface area contributed by atoms with Crippen LogP contribution in [0.4, 0.5) is 0 Å². The summed E-state index contributed by atoms with van der Waals surface area (Å²) in [4.78, 5) is 8.63. The maximum atomic E-state index is 5.81. The second-order valence-corrected chi connectivity index (χ2v) is 5.52. The van der Waals surface area contributed by atoms with Gasteiger partial charge in [-0.25, -0.2) is 0 Å². The Morgan fingerprint density at radius 1 is 1.38 bits per heavy atom. The fourth-order valence-electron chi connectivity index (χ4n) is 2.85. The maximum Gasteiger partial charge on any atom is 0.0863 e. The van der Waals surface area contributed by atoms with Crippen LogP contribution in [0.2, 0.25) is 0 Å². The normalized spacial score (nSPS) is 23.8. The van der Waals surface area contributed by atoms with Gasteiger partial charge in [0, 0.05) is 29.3 Å². The molecule has 1 unspecified atom stereocenters. The van der Waals surface area contributed by atoms with Crippen molar-refractivity contribution in [3.05, 3.63) is 46.8 Å². The van der Waals surface area contributed by atoms with Crippen LogP contribution in [-0.2, 0) is 0 Å². The van der Waals surface area contributed by atoms with Gasteiger partial charge in [-0.2, -0.15) is 0 Å². The average Bonchev–Trinajstić information content (AvgIpc) is 2.91. The minimum Gasteiger partial charge on any atom is -0.402 e. The highest BCUT2D eigenvalue weighted by atomic mass is 14.9. The van der Waals surface area contributed by atoms with Crippen molar-refractivity contribution in [3.8, 4) is 0 Å². The number of allylic oxidation sites excluding steroid dienone is 8. The molecule has 0 bridgehead atoms. The SMILES string of the molecule is C=N/C(=C1/C=CCC1=NCN)C(C)CC1=CC=C(N)CC1. The Hall–Kier alpha value is -1.94. The van der Waals surface area contributed by atoms with E-state index < -0.39 is 0 Å². The summed E-state index contributed by atoms with van der Waals surface area (Å²) >= 11 is 0. The van der Waals surface area contributed by atoms with Crippen LogP contribution in [-0.4, -0.2) is 19.1 Å². The van der Waals surface area contributed by atoms with Crippen LogP contribution in [0, 0.1) is 5.92 Å². The Morgan fingerprint density at radius 3 is 2.81 bits per heavy atom. The summed E-state index contributed by atoms with van der Waals surface area (Å²) in [6.07, 6.45) is 12.1. The highest BCUT2D eigenvalue weighted by Crippen LogP contribution is 2.30. The third kappa shape index (κ3) is 3.79. The zero-order chi connectivity index (χ0) is 15.2. The molecule has 0 saturated heterocycles. The smallest absolute Gasteiger partial charge is 0.0863 e. The van der Waals surface area contributed by atoms with Gasteiger partial charge < -0.3 is 11.5 Å². The predicted octanol–water partition coefficient (Wildman–Crippen LogP) is 2.85. The van der Waals surface area contributed by atoms with E-state index >= 15 is 0 Å². The molecule has 4 nitrogen and oxygen atoms in total. The Bertz CT molecular complexity index is 561. The third-order valence-corrected chi connectivity index (χ3v) is 3.94. The van der Waals surface area contributed by atoms with E-state index in [0.717, 1.165) is 48.4 Å². The first-order chi connectivity index (χ1) is 10.2. The van der Waals surface area contributed by atoms with Crippen molar-refractivity contribution in [3.63, 3.8) is 0 Å². The fraction of sp³-hybridized carbons (Fsp3) is 0.412. The van der Waals surface area contributed by atoms with E-state index in [2.05, 4.69) is 41.9 Å². The topological polar surface area (TPSA) is 76.8 Å². The molecule has 4 heteroatoms. The Kier molecular flexibility index (Phi) is 5.28. The van der Waals surface area contributed by atoms with Crippen molar-refractivity contribution in [2.24, 2.45) is 27.4 Å².